The van der Waals surface area contributed by atoms with Crippen LogP contribution in [0.15, 0.2) is 69.8 Å². The Morgan fingerprint density at radius 2 is 2.08 bits per heavy atom. The maximum Gasteiger partial charge on any atom is 0.191 e. The van der Waals surface area contributed by atoms with Crippen LogP contribution in [-0.4, -0.2) is 29.1 Å². The first-order valence-corrected chi connectivity index (χ1v) is 9.34. The van der Waals surface area contributed by atoms with E-state index in [1.165, 1.54) is 4.88 Å². The van der Waals surface area contributed by atoms with Crippen molar-refractivity contribution in [2.45, 2.75) is 19.1 Å². The van der Waals surface area contributed by atoms with Crippen LogP contribution in [0.25, 0.3) is 0 Å². The zero-order chi connectivity index (χ0) is 18.0. The van der Waals surface area contributed by atoms with Crippen LogP contribution in [0.1, 0.15) is 22.3 Å². The Morgan fingerprint density at radius 3 is 2.81 bits per heavy atom. The predicted molar refractivity (Wildman–Crippen MR) is 103 cm³/mol. The van der Waals surface area contributed by atoms with Crippen molar-refractivity contribution in [1.29, 1.82) is 0 Å². The number of aliphatic hydroxyl groups is 1. The first kappa shape index (κ1) is 18.2. The van der Waals surface area contributed by atoms with Crippen molar-refractivity contribution in [1.82, 2.24) is 15.6 Å². The second-order valence-electron chi connectivity index (χ2n) is 5.68. The number of aliphatic hydroxyl groups excluding tert-OH is 1. The Bertz CT molecular complexity index is 773. The first-order valence-electron chi connectivity index (χ1n) is 8.46. The van der Waals surface area contributed by atoms with Gasteiger partial charge in [0.1, 0.15) is 5.76 Å². The summed E-state index contributed by atoms with van der Waals surface area (Å²) in [5, 5.41) is 18.8. The molecule has 0 aromatic carbocycles. The number of aromatic nitrogens is 1. The molecule has 0 fully saturated rings. The molecule has 7 heteroatoms. The summed E-state index contributed by atoms with van der Waals surface area (Å²) in [5.41, 5.74) is 0.820. The van der Waals surface area contributed by atoms with E-state index in [1.807, 2.05) is 23.6 Å². The average Bonchev–Trinajstić information content (AvgIpc) is 3.38. The Morgan fingerprint density at radius 1 is 1.19 bits per heavy atom. The Balaban J connectivity index is 1.55. The summed E-state index contributed by atoms with van der Waals surface area (Å²) in [4.78, 5) is 9.76. The third-order valence-electron chi connectivity index (χ3n) is 3.77. The average molecular weight is 370 g/mol. The fourth-order valence-electron chi connectivity index (χ4n) is 2.39. The summed E-state index contributed by atoms with van der Waals surface area (Å²) >= 11 is 1.67. The molecule has 0 bridgehead atoms. The quantitative estimate of drug-likeness (QED) is 0.419. The number of aliphatic imine (C=N–C) groups is 1. The topological polar surface area (TPSA) is 82.7 Å². The zero-order valence-electron chi connectivity index (χ0n) is 14.3. The molecule has 26 heavy (non-hydrogen) atoms. The van der Waals surface area contributed by atoms with E-state index in [1.54, 1.807) is 42.1 Å². The van der Waals surface area contributed by atoms with Crippen LogP contribution in [-0.2, 0) is 13.0 Å². The zero-order valence-corrected chi connectivity index (χ0v) is 15.2. The molecule has 1 atom stereocenters. The second kappa shape index (κ2) is 9.74. The van der Waals surface area contributed by atoms with Gasteiger partial charge < -0.3 is 20.2 Å². The standard InChI is InChI=1S/C19H22N4O2S/c24-18(15-5-8-20-9-6-15)14-23-19(22-13-17-4-2-12-26-17)21-10-7-16-3-1-11-25-16/h1-6,8-9,11-12,18,24H,7,10,13-14H2,(H2,21,22,23). The number of nitrogens with zero attached hydrogens (tertiary/aromatic N) is 2. The lowest BCUT2D eigenvalue weighted by Gasteiger charge is -2.16. The number of thiophene rings is 1. The molecule has 0 aliphatic carbocycles. The van der Waals surface area contributed by atoms with E-state index in [0.29, 0.717) is 25.6 Å². The molecule has 3 aromatic rings. The number of furan rings is 1. The Hall–Kier alpha value is -2.64. The van der Waals surface area contributed by atoms with Crippen LogP contribution < -0.4 is 10.6 Å². The van der Waals surface area contributed by atoms with Gasteiger partial charge in [-0.05, 0) is 41.3 Å². The summed E-state index contributed by atoms with van der Waals surface area (Å²) in [6.45, 7) is 1.65. The molecule has 0 aliphatic rings. The predicted octanol–water partition coefficient (Wildman–Crippen LogP) is 2.75. The highest BCUT2D eigenvalue weighted by atomic mass is 32.1. The van der Waals surface area contributed by atoms with Crippen LogP contribution in [0.4, 0.5) is 0 Å². The number of pyridine rings is 1. The molecule has 136 valence electrons. The van der Waals surface area contributed by atoms with Crippen molar-refractivity contribution in [3.05, 3.63) is 76.6 Å². The van der Waals surface area contributed by atoms with E-state index in [4.69, 9.17) is 4.42 Å². The van der Waals surface area contributed by atoms with Gasteiger partial charge in [0.05, 0.1) is 18.9 Å². The van der Waals surface area contributed by atoms with E-state index in [-0.39, 0.29) is 0 Å². The molecule has 0 saturated carbocycles. The maximum atomic E-state index is 10.3. The van der Waals surface area contributed by atoms with Crippen molar-refractivity contribution in [2.24, 2.45) is 4.99 Å². The van der Waals surface area contributed by atoms with Crippen LogP contribution >= 0.6 is 11.3 Å². The van der Waals surface area contributed by atoms with Gasteiger partial charge in [0.15, 0.2) is 5.96 Å². The summed E-state index contributed by atoms with van der Waals surface area (Å²) in [6.07, 6.45) is 5.15. The normalized spacial score (nSPS) is 12.7. The molecule has 0 radical (unpaired) electrons. The molecule has 6 nitrogen and oxygen atoms in total. The third-order valence-corrected chi connectivity index (χ3v) is 4.63. The fourth-order valence-corrected chi connectivity index (χ4v) is 3.02. The minimum atomic E-state index is -0.628. The first-order chi connectivity index (χ1) is 12.8. The number of guanidine groups is 1. The van der Waals surface area contributed by atoms with E-state index >= 15 is 0 Å². The van der Waals surface area contributed by atoms with Crippen molar-refractivity contribution in [3.8, 4) is 0 Å². The molecule has 3 aromatic heterocycles. The maximum absolute atomic E-state index is 10.3. The number of hydrogen-bond acceptors (Lipinski definition) is 5. The second-order valence-corrected chi connectivity index (χ2v) is 6.71. The molecule has 3 N–H and O–H groups in total. The molecule has 1 unspecified atom stereocenters. The summed E-state index contributed by atoms with van der Waals surface area (Å²) in [7, 11) is 0. The molecule has 3 heterocycles. The number of hydrogen-bond donors (Lipinski definition) is 3. The third kappa shape index (κ3) is 5.72. The van der Waals surface area contributed by atoms with Gasteiger partial charge in [0.2, 0.25) is 0 Å². The number of rotatable bonds is 8. The lowest BCUT2D eigenvalue weighted by atomic mass is 10.1. The van der Waals surface area contributed by atoms with Gasteiger partial charge in [0, 0.05) is 36.8 Å². The Labute approximate surface area is 156 Å². The van der Waals surface area contributed by atoms with Crippen LogP contribution in [0.2, 0.25) is 0 Å². The highest BCUT2D eigenvalue weighted by Crippen LogP contribution is 2.11. The SMILES string of the molecule is OC(CNC(=NCc1cccs1)NCCc1ccco1)c1ccncc1. The van der Waals surface area contributed by atoms with Gasteiger partial charge in [-0.15, -0.1) is 11.3 Å². The van der Waals surface area contributed by atoms with Gasteiger partial charge in [0.25, 0.3) is 0 Å². The number of nitrogens with one attached hydrogen (secondary N) is 2. The molecular weight excluding hydrogens is 348 g/mol. The van der Waals surface area contributed by atoms with E-state index < -0.39 is 6.10 Å². The lowest BCUT2D eigenvalue weighted by molar-refractivity contribution is 0.180. The van der Waals surface area contributed by atoms with Crippen LogP contribution in [0.5, 0.6) is 0 Å². The van der Waals surface area contributed by atoms with E-state index in [2.05, 4.69) is 26.7 Å². The molecular formula is C19H22N4O2S. The smallest absolute Gasteiger partial charge is 0.191 e. The van der Waals surface area contributed by atoms with Gasteiger partial charge in [-0.1, -0.05) is 6.07 Å². The van der Waals surface area contributed by atoms with Gasteiger partial charge in [-0.25, -0.2) is 4.99 Å². The van der Waals surface area contributed by atoms with Crippen molar-refractivity contribution < 1.29 is 9.52 Å². The lowest BCUT2D eigenvalue weighted by Crippen LogP contribution is -2.40. The Kier molecular flexibility index (Phi) is 6.80. The highest BCUT2D eigenvalue weighted by molar-refractivity contribution is 7.09. The summed E-state index contributed by atoms with van der Waals surface area (Å²) in [5.74, 6) is 1.59. The molecule has 0 amide bonds. The minimum Gasteiger partial charge on any atom is -0.469 e. The fraction of sp³-hybridized carbons (Fsp3) is 0.263. The minimum absolute atomic E-state index is 0.362. The monoisotopic (exact) mass is 370 g/mol. The van der Waals surface area contributed by atoms with Crippen molar-refractivity contribution in [3.63, 3.8) is 0 Å². The van der Waals surface area contributed by atoms with Crippen molar-refractivity contribution >= 4 is 17.3 Å². The van der Waals surface area contributed by atoms with E-state index in [0.717, 1.165) is 17.7 Å². The summed E-state index contributed by atoms with van der Waals surface area (Å²) < 4.78 is 5.35. The summed E-state index contributed by atoms with van der Waals surface area (Å²) in [6, 6.07) is 11.5. The van der Waals surface area contributed by atoms with Crippen LogP contribution in [0, 0.1) is 0 Å². The van der Waals surface area contributed by atoms with Gasteiger partial charge in [-0.3, -0.25) is 4.98 Å². The molecule has 0 saturated heterocycles. The van der Waals surface area contributed by atoms with E-state index in [9.17, 15) is 5.11 Å². The molecule has 0 spiro atoms. The van der Waals surface area contributed by atoms with Gasteiger partial charge in [-0.2, -0.15) is 0 Å². The van der Waals surface area contributed by atoms with Gasteiger partial charge >= 0.3 is 0 Å². The molecule has 3 rings (SSSR count). The highest BCUT2D eigenvalue weighted by Gasteiger charge is 2.08. The molecule has 0 aliphatic heterocycles. The van der Waals surface area contributed by atoms with Crippen molar-refractivity contribution in [2.75, 3.05) is 13.1 Å². The largest absolute Gasteiger partial charge is 0.469 e. The van der Waals surface area contributed by atoms with Crippen LogP contribution in [0.3, 0.4) is 0 Å².